The van der Waals surface area contributed by atoms with E-state index in [2.05, 4.69) is 10.6 Å². The fourth-order valence-electron chi connectivity index (χ4n) is 2.59. The first-order valence-electron chi connectivity index (χ1n) is 7.81. The van der Waals surface area contributed by atoms with Gasteiger partial charge in [-0.1, -0.05) is 12.1 Å². The zero-order valence-corrected chi connectivity index (χ0v) is 14.4. The number of alkyl halides is 3. The molecule has 1 amide bonds. The molecule has 2 atom stereocenters. The molecule has 0 spiro atoms. The van der Waals surface area contributed by atoms with Gasteiger partial charge in [-0.25, -0.2) is 8.42 Å². The van der Waals surface area contributed by atoms with Gasteiger partial charge in [0.15, 0.2) is 0 Å². The lowest BCUT2D eigenvalue weighted by Gasteiger charge is -2.25. The molecule has 2 unspecified atom stereocenters. The molecule has 1 aliphatic heterocycles. The largest absolute Gasteiger partial charge is 0.417 e. The molecule has 0 radical (unpaired) electrons. The summed E-state index contributed by atoms with van der Waals surface area (Å²) >= 11 is 0. The van der Waals surface area contributed by atoms with Gasteiger partial charge in [0.1, 0.15) is 0 Å². The molecular formula is C15H20F3N3O3S. The Balaban J connectivity index is 2.11. The molecule has 0 bridgehead atoms. The number of rotatable bonds is 5. The number of halogens is 3. The molecule has 0 saturated carbocycles. The van der Waals surface area contributed by atoms with E-state index >= 15 is 0 Å². The number of sulfonamides is 1. The second kappa shape index (κ2) is 7.71. The molecule has 1 heterocycles. The summed E-state index contributed by atoms with van der Waals surface area (Å²) in [4.78, 5) is 11.2. The van der Waals surface area contributed by atoms with Crippen LogP contribution in [0.2, 0.25) is 0 Å². The van der Waals surface area contributed by atoms with Crippen molar-refractivity contribution in [2.75, 3.05) is 13.1 Å². The number of hydrogen-bond donors (Lipinski definition) is 3. The Hall–Kier alpha value is -1.65. The second-order valence-electron chi connectivity index (χ2n) is 5.89. The molecule has 6 nitrogen and oxygen atoms in total. The third-order valence-electron chi connectivity index (χ3n) is 3.85. The second-order valence-corrected chi connectivity index (χ2v) is 7.57. The van der Waals surface area contributed by atoms with Gasteiger partial charge in [-0.3, -0.25) is 4.79 Å². The highest BCUT2D eigenvalue weighted by molar-refractivity contribution is 7.89. The highest BCUT2D eigenvalue weighted by Crippen LogP contribution is 2.33. The highest BCUT2D eigenvalue weighted by Gasteiger charge is 2.37. The lowest BCUT2D eigenvalue weighted by molar-refractivity contribution is -0.139. The summed E-state index contributed by atoms with van der Waals surface area (Å²) < 4.78 is 65.6. The van der Waals surface area contributed by atoms with Gasteiger partial charge >= 0.3 is 6.18 Å². The number of carbonyl (C=O) groups is 1. The average Bonchev–Trinajstić information content (AvgIpc) is 2.54. The number of hydrogen-bond acceptors (Lipinski definition) is 4. The molecule has 3 N–H and O–H groups in total. The molecule has 0 aliphatic carbocycles. The predicted molar refractivity (Wildman–Crippen MR) is 85.3 cm³/mol. The maximum Gasteiger partial charge on any atom is 0.417 e. The third kappa shape index (κ3) is 5.16. The Kier molecular flexibility index (Phi) is 6.07. The Labute approximate surface area is 144 Å². The minimum absolute atomic E-state index is 0.129. The van der Waals surface area contributed by atoms with Crippen LogP contribution in [-0.2, 0) is 21.0 Å². The van der Waals surface area contributed by atoms with Gasteiger partial charge in [-0.15, -0.1) is 0 Å². The summed E-state index contributed by atoms with van der Waals surface area (Å²) in [7, 11) is -4.51. The monoisotopic (exact) mass is 379 g/mol. The van der Waals surface area contributed by atoms with E-state index in [4.69, 9.17) is 0 Å². The standard InChI is InChI=1S/C15H20F3N3O3S/c1-10(14(22)20-11-5-4-8-19-9-11)21-25(23,24)13-7-3-2-6-12(13)15(16,17)18/h2-3,6-7,10-11,19,21H,4-5,8-9H2,1H3,(H,20,22). The zero-order valence-electron chi connectivity index (χ0n) is 13.6. The average molecular weight is 379 g/mol. The van der Waals surface area contributed by atoms with Gasteiger partial charge in [0.25, 0.3) is 0 Å². The van der Waals surface area contributed by atoms with Gasteiger partial charge in [0.05, 0.1) is 16.5 Å². The molecule has 25 heavy (non-hydrogen) atoms. The predicted octanol–water partition coefficient (Wildman–Crippen LogP) is 1.24. The van der Waals surface area contributed by atoms with Crippen molar-refractivity contribution in [3.8, 4) is 0 Å². The fraction of sp³-hybridized carbons (Fsp3) is 0.533. The first kappa shape index (κ1) is 19.7. The maximum atomic E-state index is 13.0. The van der Waals surface area contributed by atoms with E-state index in [1.54, 1.807) is 0 Å². The number of amides is 1. The topological polar surface area (TPSA) is 87.3 Å². The first-order chi connectivity index (χ1) is 11.6. The van der Waals surface area contributed by atoms with E-state index in [0.717, 1.165) is 31.5 Å². The van der Waals surface area contributed by atoms with E-state index in [1.807, 2.05) is 4.72 Å². The molecule has 1 saturated heterocycles. The molecule has 1 aliphatic rings. The van der Waals surface area contributed by atoms with Gasteiger partial charge in [-0.2, -0.15) is 17.9 Å². The normalized spacial score (nSPS) is 20.1. The van der Waals surface area contributed by atoms with E-state index in [9.17, 15) is 26.4 Å². The number of carbonyl (C=O) groups excluding carboxylic acids is 1. The third-order valence-corrected chi connectivity index (χ3v) is 5.45. The smallest absolute Gasteiger partial charge is 0.351 e. The lowest BCUT2D eigenvalue weighted by atomic mass is 10.1. The van der Waals surface area contributed by atoms with Crippen molar-refractivity contribution in [2.45, 2.75) is 42.9 Å². The molecule has 10 heteroatoms. The Morgan fingerprint density at radius 2 is 2.00 bits per heavy atom. The maximum absolute atomic E-state index is 13.0. The van der Waals surface area contributed by atoms with E-state index in [0.29, 0.717) is 12.6 Å². The number of benzene rings is 1. The first-order valence-corrected chi connectivity index (χ1v) is 9.29. The number of piperidine rings is 1. The molecule has 140 valence electrons. The Bertz CT molecular complexity index is 716. The van der Waals surface area contributed by atoms with Crippen LogP contribution in [0, 0.1) is 0 Å². The zero-order chi connectivity index (χ0) is 18.7. The van der Waals surface area contributed by atoms with Crippen LogP contribution in [0.5, 0.6) is 0 Å². The highest BCUT2D eigenvalue weighted by atomic mass is 32.2. The summed E-state index contributed by atoms with van der Waals surface area (Å²) in [5.74, 6) is -0.582. The van der Waals surface area contributed by atoms with Crippen LogP contribution in [0.25, 0.3) is 0 Å². The molecular weight excluding hydrogens is 359 g/mol. The summed E-state index contributed by atoms with van der Waals surface area (Å²) in [6.45, 7) is 2.71. The minimum atomic E-state index is -4.81. The van der Waals surface area contributed by atoms with Crippen LogP contribution in [0.4, 0.5) is 13.2 Å². The quantitative estimate of drug-likeness (QED) is 0.718. The van der Waals surface area contributed by atoms with Crippen molar-refractivity contribution in [1.29, 1.82) is 0 Å². The minimum Gasteiger partial charge on any atom is -0.351 e. The molecule has 1 aromatic rings. The van der Waals surface area contributed by atoms with Gasteiger partial charge < -0.3 is 10.6 Å². The van der Waals surface area contributed by atoms with Gasteiger partial charge in [0, 0.05) is 12.6 Å². The molecule has 2 rings (SSSR count). The van der Waals surface area contributed by atoms with E-state index in [-0.39, 0.29) is 6.04 Å². The van der Waals surface area contributed by atoms with E-state index in [1.165, 1.54) is 13.0 Å². The van der Waals surface area contributed by atoms with Gasteiger partial charge in [0.2, 0.25) is 15.9 Å². The number of nitrogens with one attached hydrogen (secondary N) is 3. The molecule has 1 aromatic carbocycles. The lowest BCUT2D eigenvalue weighted by Crippen LogP contribution is -2.52. The van der Waals surface area contributed by atoms with Crippen molar-refractivity contribution in [2.24, 2.45) is 0 Å². The summed E-state index contributed by atoms with van der Waals surface area (Å²) in [6.07, 6.45) is -3.18. The van der Waals surface area contributed by atoms with Crippen LogP contribution >= 0.6 is 0 Å². The van der Waals surface area contributed by atoms with Crippen LogP contribution < -0.4 is 15.4 Å². The molecule has 1 fully saturated rings. The van der Waals surface area contributed by atoms with Crippen LogP contribution in [-0.4, -0.2) is 39.5 Å². The van der Waals surface area contributed by atoms with Crippen molar-refractivity contribution in [1.82, 2.24) is 15.4 Å². The fourth-order valence-corrected chi connectivity index (χ4v) is 4.02. The van der Waals surface area contributed by atoms with Gasteiger partial charge in [-0.05, 0) is 38.4 Å². The van der Waals surface area contributed by atoms with Crippen LogP contribution in [0.3, 0.4) is 0 Å². The SMILES string of the molecule is CC(NS(=O)(=O)c1ccccc1C(F)(F)F)C(=O)NC1CCCNC1. The summed E-state index contributed by atoms with van der Waals surface area (Å²) in [5, 5.41) is 5.79. The van der Waals surface area contributed by atoms with Crippen molar-refractivity contribution in [3.05, 3.63) is 29.8 Å². The van der Waals surface area contributed by atoms with Crippen molar-refractivity contribution in [3.63, 3.8) is 0 Å². The molecule has 0 aromatic heterocycles. The Morgan fingerprint density at radius 1 is 1.32 bits per heavy atom. The Morgan fingerprint density at radius 3 is 2.60 bits per heavy atom. The van der Waals surface area contributed by atoms with Crippen LogP contribution in [0.1, 0.15) is 25.3 Å². The van der Waals surface area contributed by atoms with Crippen molar-refractivity contribution >= 4 is 15.9 Å². The van der Waals surface area contributed by atoms with Crippen molar-refractivity contribution < 1.29 is 26.4 Å². The summed E-state index contributed by atoms with van der Waals surface area (Å²) in [5.41, 5.74) is -1.27. The summed E-state index contributed by atoms with van der Waals surface area (Å²) in [6, 6.07) is 2.52. The van der Waals surface area contributed by atoms with E-state index < -0.39 is 38.6 Å². The van der Waals surface area contributed by atoms with Crippen LogP contribution in [0.15, 0.2) is 29.2 Å².